The van der Waals surface area contributed by atoms with Crippen molar-refractivity contribution in [2.75, 3.05) is 0 Å². The van der Waals surface area contributed by atoms with Crippen LogP contribution in [0.2, 0.25) is 0 Å². The molecule has 5 rings (SSSR count). The summed E-state index contributed by atoms with van der Waals surface area (Å²) in [7, 11) is 0. The van der Waals surface area contributed by atoms with E-state index in [2.05, 4.69) is 0 Å². The zero-order valence-corrected chi connectivity index (χ0v) is 15.3. The Morgan fingerprint density at radius 1 is 0.815 bits per heavy atom. The summed E-state index contributed by atoms with van der Waals surface area (Å²) < 4.78 is 23.4. The zero-order valence-electron chi connectivity index (χ0n) is 13.8. The first kappa shape index (κ1) is 16.3. The number of carbonyl (C=O) groups is 1. The standard InChI is InChI=1S/C21H11ClO4S/c22-21(23)16-11-13-6-2-4-8-15(13)19-18-14-7-3-1-5-12(14)9-10-17(18)25-27(24)26-20(16)19/h1-11H. The van der Waals surface area contributed by atoms with Gasteiger partial charge < -0.3 is 8.37 Å². The SMILES string of the molecule is O=C(Cl)c1cc2ccccc2c2c1OS(=O)Oc1ccc3ccccc3c1-2. The zero-order chi connectivity index (χ0) is 18.5. The monoisotopic (exact) mass is 394 g/mol. The van der Waals surface area contributed by atoms with Crippen LogP contribution in [0.1, 0.15) is 10.4 Å². The van der Waals surface area contributed by atoms with Gasteiger partial charge in [0, 0.05) is 11.1 Å². The lowest BCUT2D eigenvalue weighted by molar-refractivity contribution is 0.108. The molecule has 6 heteroatoms. The number of benzene rings is 4. The van der Waals surface area contributed by atoms with E-state index >= 15 is 0 Å². The Morgan fingerprint density at radius 2 is 1.48 bits per heavy atom. The predicted molar refractivity (Wildman–Crippen MR) is 106 cm³/mol. The molecule has 132 valence electrons. The van der Waals surface area contributed by atoms with Gasteiger partial charge in [-0.25, -0.2) is 0 Å². The van der Waals surface area contributed by atoms with Crippen molar-refractivity contribution in [3.8, 4) is 22.6 Å². The van der Waals surface area contributed by atoms with E-state index < -0.39 is 16.6 Å². The minimum absolute atomic E-state index is 0.156. The Hall–Kier alpha value is -2.89. The molecule has 1 atom stereocenters. The van der Waals surface area contributed by atoms with Crippen molar-refractivity contribution < 1.29 is 17.4 Å². The first-order valence-corrected chi connectivity index (χ1v) is 9.57. The van der Waals surface area contributed by atoms with E-state index in [1.807, 2.05) is 54.6 Å². The number of hydrogen-bond donors (Lipinski definition) is 0. The third-order valence-corrected chi connectivity index (χ3v) is 5.49. The summed E-state index contributed by atoms with van der Waals surface area (Å²) in [5, 5.41) is 2.90. The van der Waals surface area contributed by atoms with E-state index in [4.69, 9.17) is 20.0 Å². The van der Waals surface area contributed by atoms with Crippen LogP contribution in [0.3, 0.4) is 0 Å². The Balaban J connectivity index is 2.05. The summed E-state index contributed by atoms with van der Waals surface area (Å²) in [5.41, 5.74) is 1.53. The molecule has 4 aromatic rings. The Bertz CT molecular complexity index is 1280. The Kier molecular flexibility index (Phi) is 3.67. The molecule has 1 unspecified atom stereocenters. The molecule has 0 amide bonds. The van der Waals surface area contributed by atoms with Crippen LogP contribution >= 0.6 is 11.6 Å². The van der Waals surface area contributed by atoms with Gasteiger partial charge in [0.25, 0.3) is 5.24 Å². The van der Waals surface area contributed by atoms with Crippen LogP contribution in [0.5, 0.6) is 11.5 Å². The molecule has 27 heavy (non-hydrogen) atoms. The average Bonchev–Trinajstić information content (AvgIpc) is 2.83. The predicted octanol–water partition coefficient (Wildman–Crippen LogP) is 5.39. The number of fused-ring (bicyclic) bond motifs is 7. The molecule has 0 bridgehead atoms. The van der Waals surface area contributed by atoms with Crippen molar-refractivity contribution in [3.05, 3.63) is 72.3 Å². The molecule has 0 aromatic heterocycles. The van der Waals surface area contributed by atoms with Crippen LogP contribution in [0.15, 0.2) is 66.7 Å². The van der Waals surface area contributed by atoms with Gasteiger partial charge in [0.2, 0.25) is 0 Å². The minimum Gasteiger partial charge on any atom is -0.370 e. The van der Waals surface area contributed by atoms with Crippen molar-refractivity contribution in [1.29, 1.82) is 0 Å². The molecular formula is C21H11ClO4S. The first-order chi connectivity index (χ1) is 13.1. The van der Waals surface area contributed by atoms with E-state index in [0.29, 0.717) is 11.3 Å². The summed E-state index contributed by atoms with van der Waals surface area (Å²) in [6, 6.07) is 20.7. The maximum absolute atomic E-state index is 12.4. The Labute approximate surface area is 162 Å². The van der Waals surface area contributed by atoms with Gasteiger partial charge in [-0.15, -0.1) is 0 Å². The highest BCUT2D eigenvalue weighted by Crippen LogP contribution is 2.49. The molecule has 1 heterocycles. The number of halogens is 1. The lowest BCUT2D eigenvalue weighted by atomic mass is 9.90. The highest BCUT2D eigenvalue weighted by molar-refractivity contribution is 7.76. The van der Waals surface area contributed by atoms with Crippen LogP contribution in [0, 0.1) is 0 Å². The summed E-state index contributed by atoms with van der Waals surface area (Å²) in [6.07, 6.45) is 0. The highest BCUT2D eigenvalue weighted by atomic mass is 35.5. The fourth-order valence-corrected chi connectivity index (χ4v) is 4.32. The lowest BCUT2D eigenvalue weighted by Crippen LogP contribution is -2.08. The van der Waals surface area contributed by atoms with Crippen LogP contribution in [-0.4, -0.2) is 9.45 Å². The van der Waals surface area contributed by atoms with Gasteiger partial charge in [-0.2, -0.15) is 4.21 Å². The molecular weight excluding hydrogens is 384 g/mol. The molecule has 0 fully saturated rings. The first-order valence-electron chi connectivity index (χ1n) is 8.19. The molecule has 1 aliphatic heterocycles. The minimum atomic E-state index is -2.10. The second-order valence-corrected chi connectivity index (χ2v) is 7.24. The van der Waals surface area contributed by atoms with Crippen LogP contribution < -0.4 is 8.37 Å². The topological polar surface area (TPSA) is 52.6 Å². The van der Waals surface area contributed by atoms with Gasteiger partial charge in [-0.3, -0.25) is 4.79 Å². The van der Waals surface area contributed by atoms with Crippen LogP contribution in [-0.2, 0) is 11.4 Å². The van der Waals surface area contributed by atoms with E-state index in [-0.39, 0.29) is 11.3 Å². The van der Waals surface area contributed by atoms with Crippen molar-refractivity contribution in [3.63, 3.8) is 0 Å². The number of carbonyl (C=O) groups excluding carboxylic acids is 1. The van der Waals surface area contributed by atoms with Crippen molar-refractivity contribution >= 4 is 49.7 Å². The van der Waals surface area contributed by atoms with Crippen molar-refractivity contribution in [2.45, 2.75) is 0 Å². The van der Waals surface area contributed by atoms with E-state index in [1.165, 1.54) is 0 Å². The maximum Gasteiger partial charge on any atom is 0.417 e. The third-order valence-electron chi connectivity index (χ3n) is 4.66. The van der Waals surface area contributed by atoms with Gasteiger partial charge in [0.15, 0.2) is 11.5 Å². The van der Waals surface area contributed by atoms with Crippen molar-refractivity contribution in [1.82, 2.24) is 0 Å². The molecule has 0 saturated heterocycles. The third kappa shape index (κ3) is 2.51. The lowest BCUT2D eigenvalue weighted by Gasteiger charge is -2.14. The summed E-state index contributed by atoms with van der Waals surface area (Å²) >= 11 is 3.72. The second kappa shape index (κ2) is 6.08. The fourth-order valence-electron chi connectivity index (χ4n) is 3.55. The van der Waals surface area contributed by atoms with E-state index in [0.717, 1.165) is 27.1 Å². The highest BCUT2D eigenvalue weighted by Gasteiger charge is 2.29. The second-order valence-electron chi connectivity index (χ2n) is 6.15. The van der Waals surface area contributed by atoms with Crippen molar-refractivity contribution in [2.24, 2.45) is 0 Å². The van der Waals surface area contributed by atoms with E-state index in [1.54, 1.807) is 12.1 Å². The van der Waals surface area contributed by atoms with E-state index in [9.17, 15) is 9.00 Å². The summed E-state index contributed by atoms with van der Waals surface area (Å²) in [6.45, 7) is 0. The molecule has 4 nitrogen and oxygen atoms in total. The molecule has 1 aliphatic rings. The van der Waals surface area contributed by atoms with Gasteiger partial charge in [-0.05, 0) is 45.3 Å². The average molecular weight is 395 g/mol. The van der Waals surface area contributed by atoms with Gasteiger partial charge in [-0.1, -0.05) is 54.6 Å². The summed E-state index contributed by atoms with van der Waals surface area (Å²) in [5.74, 6) is 0.595. The van der Waals surface area contributed by atoms with Gasteiger partial charge >= 0.3 is 11.4 Å². The maximum atomic E-state index is 12.4. The van der Waals surface area contributed by atoms with Crippen LogP contribution in [0.4, 0.5) is 0 Å². The Morgan fingerprint density at radius 3 is 2.22 bits per heavy atom. The van der Waals surface area contributed by atoms with Gasteiger partial charge in [0.1, 0.15) is 0 Å². The normalized spacial score (nSPS) is 15.4. The van der Waals surface area contributed by atoms with Gasteiger partial charge in [0.05, 0.1) is 5.56 Å². The molecule has 0 spiro atoms. The summed E-state index contributed by atoms with van der Waals surface area (Å²) in [4.78, 5) is 12.1. The number of hydrogen-bond acceptors (Lipinski definition) is 4. The molecule has 0 aliphatic carbocycles. The number of rotatable bonds is 1. The largest absolute Gasteiger partial charge is 0.417 e. The molecule has 0 radical (unpaired) electrons. The quantitative estimate of drug-likeness (QED) is 0.406. The fraction of sp³-hybridized carbons (Fsp3) is 0. The smallest absolute Gasteiger partial charge is 0.370 e. The molecule has 0 saturated carbocycles. The van der Waals surface area contributed by atoms with Crippen LogP contribution in [0.25, 0.3) is 32.7 Å². The molecule has 4 aromatic carbocycles. The molecule has 0 N–H and O–H groups in total.